The lowest BCUT2D eigenvalue weighted by Gasteiger charge is -2.34. The van der Waals surface area contributed by atoms with Gasteiger partial charge in [-0.05, 0) is 31.4 Å². The van der Waals surface area contributed by atoms with Crippen molar-refractivity contribution in [2.45, 2.75) is 31.7 Å². The number of hydrogen-bond donors (Lipinski definition) is 1. The number of likely N-dealkylation sites (tertiary alicyclic amines) is 1. The van der Waals surface area contributed by atoms with Gasteiger partial charge in [-0.3, -0.25) is 9.59 Å². The van der Waals surface area contributed by atoms with E-state index < -0.39 is 5.97 Å². The first-order valence-electron chi connectivity index (χ1n) is 7.03. The molecule has 5 heteroatoms. The van der Waals surface area contributed by atoms with Crippen molar-refractivity contribution < 1.29 is 19.1 Å². The summed E-state index contributed by atoms with van der Waals surface area (Å²) in [5.74, 6) is -1.55. The Balaban J connectivity index is 2.07. The van der Waals surface area contributed by atoms with Gasteiger partial charge >= 0.3 is 5.97 Å². The molecule has 0 spiro atoms. The molecule has 21 heavy (non-hydrogen) atoms. The van der Waals surface area contributed by atoms with Crippen molar-refractivity contribution in [3.05, 3.63) is 41.7 Å². The van der Waals surface area contributed by atoms with Gasteiger partial charge in [0.05, 0.1) is 6.42 Å². The average Bonchev–Trinajstić information content (AvgIpc) is 2.46. The Kier molecular flexibility index (Phi) is 5.09. The number of carboxylic acid groups (broad SMARTS) is 1. The third kappa shape index (κ3) is 4.15. The van der Waals surface area contributed by atoms with Gasteiger partial charge < -0.3 is 10.0 Å². The third-order valence-corrected chi connectivity index (χ3v) is 3.63. The quantitative estimate of drug-likeness (QED) is 0.868. The second-order valence-corrected chi connectivity index (χ2v) is 5.13. The smallest absolute Gasteiger partial charge is 0.305 e. The van der Waals surface area contributed by atoms with Crippen molar-refractivity contribution >= 4 is 18.0 Å². The maximum absolute atomic E-state index is 13.5. The van der Waals surface area contributed by atoms with Gasteiger partial charge in [0.1, 0.15) is 5.82 Å². The Hall–Kier alpha value is -2.17. The van der Waals surface area contributed by atoms with Crippen LogP contribution in [0.15, 0.2) is 30.3 Å². The molecular weight excluding hydrogens is 273 g/mol. The van der Waals surface area contributed by atoms with Crippen molar-refractivity contribution in [3.8, 4) is 0 Å². The third-order valence-electron chi connectivity index (χ3n) is 3.63. The molecule has 1 N–H and O–H groups in total. The molecular formula is C16H18FNO3. The number of amides is 1. The number of benzene rings is 1. The van der Waals surface area contributed by atoms with Gasteiger partial charge in [0.2, 0.25) is 5.91 Å². The predicted octanol–water partition coefficient (Wildman–Crippen LogP) is 2.69. The van der Waals surface area contributed by atoms with E-state index in [1.165, 1.54) is 18.2 Å². The average molecular weight is 291 g/mol. The molecule has 0 aliphatic carbocycles. The molecule has 0 bridgehead atoms. The first kappa shape index (κ1) is 15.2. The second-order valence-electron chi connectivity index (χ2n) is 5.13. The molecule has 4 nitrogen and oxygen atoms in total. The fraction of sp³-hybridized carbons (Fsp3) is 0.375. The Morgan fingerprint density at radius 3 is 2.81 bits per heavy atom. The summed E-state index contributed by atoms with van der Waals surface area (Å²) in [6.07, 6.45) is 5.21. The van der Waals surface area contributed by atoms with Gasteiger partial charge in [0.25, 0.3) is 0 Å². The van der Waals surface area contributed by atoms with Crippen LogP contribution in [0.3, 0.4) is 0 Å². The van der Waals surface area contributed by atoms with Gasteiger partial charge in [-0.2, -0.15) is 0 Å². The van der Waals surface area contributed by atoms with Crippen molar-refractivity contribution in [3.63, 3.8) is 0 Å². The summed E-state index contributed by atoms with van der Waals surface area (Å²) in [7, 11) is 0. The zero-order chi connectivity index (χ0) is 15.2. The molecule has 0 aromatic heterocycles. The van der Waals surface area contributed by atoms with Crippen LogP contribution in [0, 0.1) is 5.82 Å². The number of carbonyl (C=O) groups is 2. The van der Waals surface area contributed by atoms with Crippen molar-refractivity contribution in [1.82, 2.24) is 4.90 Å². The minimum atomic E-state index is -0.905. The van der Waals surface area contributed by atoms with E-state index in [1.807, 2.05) is 0 Å². The van der Waals surface area contributed by atoms with Gasteiger partial charge in [-0.1, -0.05) is 18.2 Å². The molecule has 0 radical (unpaired) electrons. The number of carboxylic acids is 1. The van der Waals surface area contributed by atoms with Crippen molar-refractivity contribution in [2.75, 3.05) is 6.54 Å². The highest BCUT2D eigenvalue weighted by molar-refractivity contribution is 5.92. The van der Waals surface area contributed by atoms with E-state index in [2.05, 4.69) is 0 Å². The Morgan fingerprint density at radius 2 is 2.10 bits per heavy atom. The number of carbonyl (C=O) groups excluding carboxylic acids is 1. The molecule has 1 unspecified atom stereocenters. The van der Waals surface area contributed by atoms with E-state index in [0.717, 1.165) is 12.8 Å². The lowest BCUT2D eigenvalue weighted by atomic mass is 9.99. The zero-order valence-electron chi connectivity index (χ0n) is 11.7. The number of rotatable bonds is 4. The monoisotopic (exact) mass is 291 g/mol. The van der Waals surface area contributed by atoms with Crippen molar-refractivity contribution in [2.24, 2.45) is 0 Å². The minimum absolute atomic E-state index is 0.0424. The molecule has 1 aliphatic rings. The van der Waals surface area contributed by atoms with Crippen LogP contribution in [0.2, 0.25) is 0 Å². The molecule has 1 fully saturated rings. The largest absolute Gasteiger partial charge is 0.481 e. The predicted molar refractivity (Wildman–Crippen MR) is 77.0 cm³/mol. The molecule has 1 heterocycles. The van der Waals surface area contributed by atoms with Crippen LogP contribution >= 0.6 is 0 Å². The van der Waals surface area contributed by atoms with Gasteiger partial charge in [0, 0.05) is 24.2 Å². The van der Waals surface area contributed by atoms with E-state index in [-0.39, 0.29) is 24.2 Å². The first-order chi connectivity index (χ1) is 10.1. The van der Waals surface area contributed by atoms with E-state index in [9.17, 15) is 14.0 Å². The highest BCUT2D eigenvalue weighted by atomic mass is 19.1. The number of nitrogens with zero attached hydrogens (tertiary/aromatic N) is 1. The van der Waals surface area contributed by atoms with E-state index >= 15 is 0 Å². The number of hydrogen-bond acceptors (Lipinski definition) is 2. The molecule has 1 aromatic rings. The fourth-order valence-corrected chi connectivity index (χ4v) is 2.57. The first-order valence-corrected chi connectivity index (χ1v) is 7.03. The van der Waals surface area contributed by atoms with E-state index in [1.54, 1.807) is 23.1 Å². The molecule has 0 saturated carbocycles. The summed E-state index contributed by atoms with van der Waals surface area (Å²) < 4.78 is 13.5. The molecule has 1 amide bonds. The van der Waals surface area contributed by atoms with Gasteiger partial charge in [-0.25, -0.2) is 4.39 Å². The lowest BCUT2D eigenvalue weighted by Crippen LogP contribution is -2.44. The summed E-state index contributed by atoms with van der Waals surface area (Å²) in [5, 5.41) is 8.90. The molecule has 1 aromatic carbocycles. The van der Waals surface area contributed by atoms with Crippen LogP contribution in [-0.4, -0.2) is 34.5 Å². The summed E-state index contributed by atoms with van der Waals surface area (Å²) in [6.45, 7) is 0.554. The van der Waals surface area contributed by atoms with Crippen LogP contribution in [0.1, 0.15) is 31.2 Å². The van der Waals surface area contributed by atoms with Crippen LogP contribution in [0.5, 0.6) is 0 Å². The number of piperidine rings is 1. The zero-order valence-corrected chi connectivity index (χ0v) is 11.7. The Bertz CT molecular complexity index is 556. The molecule has 1 atom stereocenters. The summed E-state index contributed by atoms with van der Waals surface area (Å²) in [4.78, 5) is 24.6. The van der Waals surface area contributed by atoms with Crippen LogP contribution < -0.4 is 0 Å². The number of halogens is 1. The SMILES string of the molecule is O=C(O)CC1CCCCN1C(=O)/C=C/c1ccccc1F. The number of aliphatic carboxylic acids is 1. The van der Waals surface area contributed by atoms with Crippen LogP contribution in [0.4, 0.5) is 4.39 Å². The van der Waals surface area contributed by atoms with E-state index in [0.29, 0.717) is 18.5 Å². The highest BCUT2D eigenvalue weighted by Gasteiger charge is 2.27. The van der Waals surface area contributed by atoms with Crippen LogP contribution in [-0.2, 0) is 9.59 Å². The Labute approximate surface area is 122 Å². The summed E-state index contributed by atoms with van der Waals surface area (Å²) in [5.41, 5.74) is 0.345. The molecule has 112 valence electrons. The van der Waals surface area contributed by atoms with Gasteiger partial charge in [0.15, 0.2) is 0 Å². The summed E-state index contributed by atoms with van der Waals surface area (Å²) >= 11 is 0. The lowest BCUT2D eigenvalue weighted by molar-refractivity contribution is -0.140. The molecule has 2 rings (SSSR count). The standard InChI is InChI=1S/C16H18FNO3/c17-14-7-2-1-5-12(14)8-9-15(19)18-10-4-3-6-13(18)11-16(20)21/h1-2,5,7-9,13H,3-4,6,10-11H2,(H,20,21)/b9-8+. The maximum atomic E-state index is 13.5. The van der Waals surface area contributed by atoms with Gasteiger partial charge in [-0.15, -0.1) is 0 Å². The topological polar surface area (TPSA) is 57.6 Å². The Morgan fingerprint density at radius 1 is 1.33 bits per heavy atom. The summed E-state index contributed by atoms with van der Waals surface area (Å²) in [6, 6.07) is 5.93. The molecule has 1 saturated heterocycles. The van der Waals surface area contributed by atoms with E-state index in [4.69, 9.17) is 5.11 Å². The minimum Gasteiger partial charge on any atom is -0.481 e. The molecule has 1 aliphatic heterocycles. The fourth-order valence-electron chi connectivity index (χ4n) is 2.57. The highest BCUT2D eigenvalue weighted by Crippen LogP contribution is 2.20. The maximum Gasteiger partial charge on any atom is 0.305 e. The van der Waals surface area contributed by atoms with Crippen molar-refractivity contribution in [1.29, 1.82) is 0 Å². The second kappa shape index (κ2) is 7.02. The normalized spacial score (nSPS) is 18.9. The van der Waals surface area contributed by atoms with Crippen LogP contribution in [0.25, 0.3) is 6.08 Å².